The second-order valence-corrected chi connectivity index (χ2v) is 9.26. The first-order valence-corrected chi connectivity index (χ1v) is 12.2. The van der Waals surface area contributed by atoms with E-state index in [0.29, 0.717) is 24.7 Å². The number of piperidine rings is 1. The maximum Gasteiger partial charge on any atom is 0.436 e. The van der Waals surface area contributed by atoms with Crippen LogP contribution in [0.5, 0.6) is 0 Å². The fourth-order valence-electron chi connectivity index (χ4n) is 4.89. The molecule has 0 radical (unpaired) electrons. The summed E-state index contributed by atoms with van der Waals surface area (Å²) in [6, 6.07) is 13.9. The number of hydrogen-bond acceptors (Lipinski definition) is 6. The Morgan fingerprint density at radius 3 is 2.36 bits per heavy atom. The zero-order valence-corrected chi connectivity index (χ0v) is 19.8. The van der Waals surface area contributed by atoms with Crippen molar-refractivity contribution in [2.24, 2.45) is 0 Å². The molecule has 1 amide bonds. The quantitative estimate of drug-likeness (QED) is 0.499. The Hall–Kier alpha value is -3.56. The molecule has 2 aliphatic heterocycles. The van der Waals surface area contributed by atoms with Gasteiger partial charge in [0.05, 0.1) is 18.3 Å². The van der Waals surface area contributed by atoms with Crippen LogP contribution in [0.3, 0.4) is 0 Å². The summed E-state index contributed by atoms with van der Waals surface area (Å²) in [7, 11) is 0. The number of anilines is 3. The Morgan fingerprint density at radius 1 is 1.00 bits per heavy atom. The van der Waals surface area contributed by atoms with Crippen LogP contribution in [0.1, 0.15) is 48.6 Å². The Balaban J connectivity index is 1.19. The van der Waals surface area contributed by atoms with Gasteiger partial charge in [0.2, 0.25) is 5.91 Å². The van der Waals surface area contributed by atoms with Crippen molar-refractivity contribution < 1.29 is 22.4 Å². The van der Waals surface area contributed by atoms with E-state index < -0.39 is 30.0 Å². The first kappa shape index (κ1) is 24.1. The molecule has 2 aromatic heterocycles. The Labute approximate surface area is 207 Å². The van der Waals surface area contributed by atoms with E-state index in [9.17, 15) is 18.0 Å². The van der Waals surface area contributed by atoms with Crippen LogP contribution in [0, 0.1) is 0 Å². The van der Waals surface area contributed by atoms with Crippen molar-refractivity contribution >= 4 is 23.4 Å². The lowest BCUT2D eigenvalue weighted by atomic mass is 9.89. The molecule has 190 valence electrons. The van der Waals surface area contributed by atoms with E-state index in [-0.39, 0.29) is 6.01 Å². The van der Waals surface area contributed by atoms with E-state index in [1.54, 1.807) is 11.0 Å². The molecule has 3 aromatic rings. The second-order valence-electron chi connectivity index (χ2n) is 9.26. The summed E-state index contributed by atoms with van der Waals surface area (Å²) in [5.41, 5.74) is 0.624. The van der Waals surface area contributed by atoms with Crippen molar-refractivity contribution in [2.75, 3.05) is 41.3 Å². The van der Waals surface area contributed by atoms with Gasteiger partial charge in [-0.2, -0.15) is 18.2 Å². The SMILES string of the molecule is O=C(Cc1oc(N2CCCC2)nc1C(F)(F)F)Nc1ccc(N2CCC(c3ccccc3)CC2)nc1. The fourth-order valence-corrected chi connectivity index (χ4v) is 4.89. The number of aromatic nitrogens is 2. The van der Waals surface area contributed by atoms with E-state index in [0.717, 1.165) is 44.6 Å². The third-order valence-corrected chi connectivity index (χ3v) is 6.77. The van der Waals surface area contributed by atoms with E-state index in [1.165, 1.54) is 11.8 Å². The van der Waals surface area contributed by atoms with Crippen molar-refractivity contribution in [1.29, 1.82) is 0 Å². The Kier molecular flexibility index (Phi) is 6.84. The van der Waals surface area contributed by atoms with Gasteiger partial charge in [0.1, 0.15) is 11.6 Å². The molecule has 0 unspecified atom stereocenters. The number of oxazole rings is 1. The normalized spacial score (nSPS) is 17.0. The lowest BCUT2D eigenvalue weighted by Gasteiger charge is -2.33. The number of pyridine rings is 1. The number of nitrogens with one attached hydrogen (secondary N) is 1. The molecule has 2 fully saturated rings. The maximum absolute atomic E-state index is 13.5. The average molecular weight is 500 g/mol. The van der Waals surface area contributed by atoms with Crippen LogP contribution in [0.2, 0.25) is 0 Å². The first-order valence-electron chi connectivity index (χ1n) is 12.2. The highest BCUT2D eigenvalue weighted by atomic mass is 19.4. The van der Waals surface area contributed by atoms with Crippen LogP contribution in [0.25, 0.3) is 0 Å². The zero-order valence-electron chi connectivity index (χ0n) is 19.8. The van der Waals surface area contributed by atoms with Gasteiger partial charge in [-0.3, -0.25) is 4.79 Å². The standard InChI is InChI=1S/C26H28F3N5O2/c27-26(28,29)24-21(36-25(32-24)34-12-4-5-13-34)16-23(35)31-20-8-9-22(30-17-20)33-14-10-19(11-15-33)18-6-2-1-3-7-18/h1-3,6-9,17,19H,4-5,10-16H2,(H,31,35). The molecule has 4 heterocycles. The molecule has 2 aliphatic rings. The van der Waals surface area contributed by atoms with Crippen LogP contribution in [-0.2, 0) is 17.4 Å². The minimum atomic E-state index is -4.70. The highest BCUT2D eigenvalue weighted by molar-refractivity contribution is 5.92. The summed E-state index contributed by atoms with van der Waals surface area (Å²) in [5.74, 6) is 0.240. The zero-order chi connectivity index (χ0) is 25.1. The number of rotatable bonds is 6. The van der Waals surface area contributed by atoms with Gasteiger partial charge in [0.25, 0.3) is 6.01 Å². The molecular weight excluding hydrogens is 471 g/mol. The topological polar surface area (TPSA) is 74.5 Å². The second kappa shape index (κ2) is 10.2. The molecule has 2 saturated heterocycles. The summed E-state index contributed by atoms with van der Waals surface area (Å²) in [4.78, 5) is 24.5. The van der Waals surface area contributed by atoms with Gasteiger partial charge in [-0.1, -0.05) is 30.3 Å². The minimum absolute atomic E-state index is 0.0790. The number of nitrogens with zero attached hydrogens (tertiary/aromatic N) is 4. The highest BCUT2D eigenvalue weighted by Crippen LogP contribution is 2.35. The van der Waals surface area contributed by atoms with Gasteiger partial charge in [0.15, 0.2) is 5.69 Å². The van der Waals surface area contributed by atoms with E-state index in [2.05, 4.69) is 44.5 Å². The van der Waals surface area contributed by atoms with Crippen molar-refractivity contribution in [3.05, 3.63) is 65.7 Å². The Morgan fingerprint density at radius 2 is 1.72 bits per heavy atom. The summed E-state index contributed by atoms with van der Waals surface area (Å²) in [6.07, 6.45) is 0.0573. The number of halogens is 3. The van der Waals surface area contributed by atoms with E-state index in [4.69, 9.17) is 4.42 Å². The predicted octanol–water partition coefficient (Wildman–Crippen LogP) is 5.25. The summed E-state index contributed by atoms with van der Waals surface area (Å²) < 4.78 is 45.8. The lowest BCUT2D eigenvalue weighted by molar-refractivity contribution is -0.142. The molecule has 0 aliphatic carbocycles. The molecule has 7 nitrogen and oxygen atoms in total. The molecule has 0 spiro atoms. The van der Waals surface area contributed by atoms with Crippen molar-refractivity contribution in [3.8, 4) is 0 Å². The number of hydrogen-bond donors (Lipinski definition) is 1. The smallest absolute Gasteiger partial charge is 0.427 e. The van der Waals surface area contributed by atoms with Crippen molar-refractivity contribution in [3.63, 3.8) is 0 Å². The van der Waals surface area contributed by atoms with E-state index in [1.807, 2.05) is 12.1 Å². The van der Waals surface area contributed by atoms with Gasteiger partial charge in [-0.25, -0.2) is 4.98 Å². The largest absolute Gasteiger partial charge is 0.436 e. The molecule has 10 heteroatoms. The summed E-state index contributed by atoms with van der Waals surface area (Å²) in [5, 5.41) is 2.62. The molecule has 5 rings (SSSR count). The highest BCUT2D eigenvalue weighted by Gasteiger charge is 2.40. The third kappa shape index (κ3) is 5.47. The lowest BCUT2D eigenvalue weighted by Crippen LogP contribution is -2.33. The number of alkyl halides is 3. The molecule has 0 saturated carbocycles. The van der Waals surface area contributed by atoms with Gasteiger partial charge in [0, 0.05) is 26.2 Å². The predicted molar refractivity (Wildman–Crippen MR) is 130 cm³/mol. The van der Waals surface area contributed by atoms with Crippen LogP contribution in [0.15, 0.2) is 53.1 Å². The van der Waals surface area contributed by atoms with Gasteiger partial charge in [-0.05, 0) is 49.3 Å². The van der Waals surface area contributed by atoms with Crippen molar-refractivity contribution in [2.45, 2.75) is 44.2 Å². The van der Waals surface area contributed by atoms with Crippen LogP contribution >= 0.6 is 0 Å². The number of carbonyl (C=O) groups is 1. The van der Waals surface area contributed by atoms with Gasteiger partial charge in [-0.15, -0.1) is 0 Å². The van der Waals surface area contributed by atoms with Crippen LogP contribution in [0.4, 0.5) is 30.7 Å². The third-order valence-electron chi connectivity index (χ3n) is 6.77. The van der Waals surface area contributed by atoms with Gasteiger partial charge >= 0.3 is 6.18 Å². The summed E-state index contributed by atoms with van der Waals surface area (Å²) in [6.45, 7) is 2.93. The number of benzene rings is 1. The average Bonchev–Trinajstić information content (AvgIpc) is 3.55. The monoisotopic (exact) mass is 499 g/mol. The first-order chi connectivity index (χ1) is 17.4. The van der Waals surface area contributed by atoms with Crippen molar-refractivity contribution in [1.82, 2.24) is 9.97 Å². The number of carbonyl (C=O) groups excluding carboxylic acids is 1. The minimum Gasteiger partial charge on any atom is -0.427 e. The molecule has 0 bridgehead atoms. The van der Waals surface area contributed by atoms with E-state index >= 15 is 0 Å². The fraction of sp³-hybridized carbons (Fsp3) is 0.423. The molecular formula is C26H28F3N5O2. The van der Waals surface area contributed by atoms with Crippen LogP contribution in [-0.4, -0.2) is 42.1 Å². The van der Waals surface area contributed by atoms with Gasteiger partial charge < -0.3 is 19.5 Å². The Bertz CT molecular complexity index is 1170. The van der Waals surface area contributed by atoms with Crippen LogP contribution < -0.4 is 15.1 Å². The maximum atomic E-state index is 13.5. The molecule has 0 atom stereocenters. The molecule has 1 aromatic carbocycles. The summed E-state index contributed by atoms with van der Waals surface area (Å²) >= 11 is 0. The molecule has 36 heavy (non-hydrogen) atoms. The number of amides is 1. The molecule has 1 N–H and O–H groups in total.